The summed E-state index contributed by atoms with van der Waals surface area (Å²) < 4.78 is 5.68. The Kier molecular flexibility index (Phi) is 4.32. The summed E-state index contributed by atoms with van der Waals surface area (Å²) in [5.74, 6) is -0.475. The second-order valence-corrected chi connectivity index (χ2v) is 5.17. The summed E-state index contributed by atoms with van der Waals surface area (Å²) in [7, 11) is 1.40. The maximum absolute atomic E-state index is 11.5. The number of halogens is 1. The lowest BCUT2D eigenvalue weighted by molar-refractivity contribution is -0.141. The molecule has 19 heavy (non-hydrogen) atoms. The lowest BCUT2D eigenvalue weighted by atomic mass is 9.98. The normalized spacial score (nSPS) is 11.9. The maximum Gasteiger partial charge on any atom is 0.312 e. The summed E-state index contributed by atoms with van der Waals surface area (Å²) in [5.41, 5.74) is 3.04. The fourth-order valence-electron chi connectivity index (χ4n) is 1.85. The molecule has 0 aliphatic carbocycles. The van der Waals surface area contributed by atoms with Crippen molar-refractivity contribution in [2.75, 3.05) is 7.11 Å². The summed E-state index contributed by atoms with van der Waals surface area (Å²) in [6, 6.07) is 9.86. The van der Waals surface area contributed by atoms with Crippen molar-refractivity contribution < 1.29 is 9.53 Å². The Morgan fingerprint density at radius 3 is 2.47 bits per heavy atom. The Bertz CT molecular complexity index is 581. The van der Waals surface area contributed by atoms with E-state index in [9.17, 15) is 4.79 Å². The first-order valence-corrected chi connectivity index (χ1v) is 6.70. The lowest BCUT2D eigenvalue weighted by Gasteiger charge is -2.10. The number of methoxy groups -OCH3 is 1. The van der Waals surface area contributed by atoms with Gasteiger partial charge in [-0.15, -0.1) is 0 Å². The van der Waals surface area contributed by atoms with E-state index >= 15 is 0 Å². The number of hydrogen-bond acceptors (Lipinski definition) is 3. The van der Waals surface area contributed by atoms with Crippen LogP contribution in [0.3, 0.4) is 0 Å². The van der Waals surface area contributed by atoms with Gasteiger partial charge < -0.3 is 4.74 Å². The van der Waals surface area contributed by atoms with Gasteiger partial charge in [-0.05, 0) is 40.0 Å². The molecule has 3 nitrogen and oxygen atoms in total. The van der Waals surface area contributed by atoms with Crippen molar-refractivity contribution in [1.82, 2.24) is 4.98 Å². The van der Waals surface area contributed by atoms with Crippen molar-refractivity contribution in [2.45, 2.75) is 12.8 Å². The zero-order chi connectivity index (χ0) is 13.8. The van der Waals surface area contributed by atoms with E-state index in [-0.39, 0.29) is 11.9 Å². The average Bonchev–Trinajstić information content (AvgIpc) is 2.46. The largest absolute Gasteiger partial charge is 0.469 e. The van der Waals surface area contributed by atoms with Crippen molar-refractivity contribution in [2.24, 2.45) is 0 Å². The van der Waals surface area contributed by atoms with Crippen LogP contribution in [0.25, 0.3) is 11.1 Å². The van der Waals surface area contributed by atoms with E-state index in [2.05, 4.69) is 20.9 Å². The highest BCUT2D eigenvalue weighted by Crippen LogP contribution is 2.24. The summed E-state index contributed by atoms with van der Waals surface area (Å²) >= 11 is 3.40. The molecular formula is C15H14BrNO2. The second-order valence-electron chi connectivity index (χ2n) is 4.26. The minimum Gasteiger partial charge on any atom is -0.469 e. The topological polar surface area (TPSA) is 39.2 Å². The number of hydrogen-bond donors (Lipinski definition) is 0. The van der Waals surface area contributed by atoms with Crippen LogP contribution in [0.5, 0.6) is 0 Å². The predicted octanol–water partition coefficient (Wildman–Crippen LogP) is 3.79. The molecule has 1 heterocycles. The molecule has 1 aromatic heterocycles. The molecule has 0 aliphatic rings. The van der Waals surface area contributed by atoms with E-state index in [0.717, 1.165) is 21.2 Å². The Labute approximate surface area is 120 Å². The van der Waals surface area contributed by atoms with Gasteiger partial charge in [0.15, 0.2) is 0 Å². The molecule has 0 radical (unpaired) electrons. The van der Waals surface area contributed by atoms with Crippen molar-refractivity contribution in [3.05, 3.63) is 52.8 Å². The highest BCUT2D eigenvalue weighted by Gasteiger charge is 2.15. The van der Waals surface area contributed by atoms with Crippen LogP contribution >= 0.6 is 15.9 Å². The van der Waals surface area contributed by atoms with E-state index in [1.165, 1.54) is 7.11 Å². The Balaban J connectivity index is 2.26. The first-order chi connectivity index (χ1) is 9.11. The van der Waals surface area contributed by atoms with Gasteiger partial charge in [0.2, 0.25) is 0 Å². The SMILES string of the molecule is COC(=O)C(C)c1ccc(-c2cncc(Br)c2)cc1. The summed E-state index contributed by atoms with van der Waals surface area (Å²) in [6.45, 7) is 1.83. The van der Waals surface area contributed by atoms with Crippen molar-refractivity contribution in [1.29, 1.82) is 0 Å². The van der Waals surface area contributed by atoms with Crippen molar-refractivity contribution in [3.8, 4) is 11.1 Å². The number of nitrogens with zero attached hydrogens (tertiary/aromatic N) is 1. The minimum atomic E-state index is -0.250. The molecule has 4 heteroatoms. The number of rotatable bonds is 3. The first kappa shape index (κ1) is 13.7. The van der Waals surface area contributed by atoms with E-state index < -0.39 is 0 Å². The molecule has 2 rings (SSSR count). The van der Waals surface area contributed by atoms with Crippen LogP contribution < -0.4 is 0 Å². The van der Waals surface area contributed by atoms with Gasteiger partial charge in [0, 0.05) is 22.4 Å². The highest BCUT2D eigenvalue weighted by atomic mass is 79.9. The van der Waals surface area contributed by atoms with Crippen LogP contribution in [0.1, 0.15) is 18.4 Å². The second kappa shape index (κ2) is 5.97. The molecule has 0 saturated carbocycles. The molecule has 0 spiro atoms. The van der Waals surface area contributed by atoms with Crippen molar-refractivity contribution in [3.63, 3.8) is 0 Å². The van der Waals surface area contributed by atoms with Crippen LogP contribution in [0, 0.1) is 0 Å². The van der Waals surface area contributed by atoms with E-state index in [0.29, 0.717) is 0 Å². The van der Waals surface area contributed by atoms with Gasteiger partial charge in [0.05, 0.1) is 13.0 Å². The number of benzene rings is 1. The molecular weight excluding hydrogens is 306 g/mol. The molecule has 0 amide bonds. The van der Waals surface area contributed by atoms with Crippen LogP contribution in [0.2, 0.25) is 0 Å². The van der Waals surface area contributed by atoms with Gasteiger partial charge in [0.25, 0.3) is 0 Å². The molecule has 1 aromatic carbocycles. The zero-order valence-electron chi connectivity index (χ0n) is 10.8. The monoisotopic (exact) mass is 319 g/mol. The number of ether oxygens (including phenoxy) is 1. The lowest BCUT2D eigenvalue weighted by Crippen LogP contribution is -2.10. The standard InChI is InChI=1S/C15H14BrNO2/c1-10(15(18)19-2)11-3-5-12(6-4-11)13-7-14(16)9-17-8-13/h3-10H,1-2H3. The van der Waals surface area contributed by atoms with E-state index in [4.69, 9.17) is 4.74 Å². The van der Waals surface area contributed by atoms with Gasteiger partial charge in [-0.3, -0.25) is 9.78 Å². The molecule has 0 fully saturated rings. The van der Waals surface area contributed by atoms with Crippen LogP contribution in [0.4, 0.5) is 0 Å². The summed E-state index contributed by atoms with van der Waals surface area (Å²) in [4.78, 5) is 15.6. The molecule has 0 N–H and O–H groups in total. The molecule has 0 aliphatic heterocycles. The molecule has 1 unspecified atom stereocenters. The van der Waals surface area contributed by atoms with E-state index in [1.807, 2.05) is 43.5 Å². The third kappa shape index (κ3) is 3.20. The smallest absolute Gasteiger partial charge is 0.312 e. The van der Waals surface area contributed by atoms with Crippen molar-refractivity contribution >= 4 is 21.9 Å². The average molecular weight is 320 g/mol. The Morgan fingerprint density at radius 2 is 1.89 bits per heavy atom. The number of carbonyl (C=O) groups excluding carboxylic acids is 1. The summed E-state index contributed by atoms with van der Waals surface area (Å²) in [6.07, 6.45) is 3.56. The third-order valence-corrected chi connectivity index (χ3v) is 3.44. The number of carbonyl (C=O) groups is 1. The van der Waals surface area contributed by atoms with Gasteiger partial charge >= 0.3 is 5.97 Å². The quantitative estimate of drug-likeness (QED) is 0.808. The number of esters is 1. The van der Waals surface area contributed by atoms with Gasteiger partial charge in [-0.2, -0.15) is 0 Å². The molecule has 0 saturated heterocycles. The van der Waals surface area contributed by atoms with Crippen LogP contribution in [0.15, 0.2) is 47.2 Å². The van der Waals surface area contributed by atoms with Gasteiger partial charge in [0.1, 0.15) is 0 Å². The highest BCUT2D eigenvalue weighted by molar-refractivity contribution is 9.10. The zero-order valence-corrected chi connectivity index (χ0v) is 12.3. The fraction of sp³-hybridized carbons (Fsp3) is 0.200. The molecule has 1 atom stereocenters. The summed E-state index contributed by atoms with van der Waals surface area (Å²) in [5, 5.41) is 0. The van der Waals surface area contributed by atoms with Gasteiger partial charge in [-0.25, -0.2) is 0 Å². The molecule has 0 bridgehead atoms. The fourth-order valence-corrected chi connectivity index (χ4v) is 2.21. The number of pyridine rings is 1. The molecule has 2 aromatic rings. The maximum atomic E-state index is 11.5. The first-order valence-electron chi connectivity index (χ1n) is 5.90. The third-order valence-electron chi connectivity index (χ3n) is 3.00. The minimum absolute atomic E-state index is 0.225. The van der Waals surface area contributed by atoms with E-state index in [1.54, 1.807) is 6.20 Å². The predicted molar refractivity (Wildman–Crippen MR) is 77.8 cm³/mol. The van der Waals surface area contributed by atoms with Crippen LogP contribution in [-0.2, 0) is 9.53 Å². The van der Waals surface area contributed by atoms with Gasteiger partial charge in [-0.1, -0.05) is 24.3 Å². The molecule has 98 valence electrons. The Hall–Kier alpha value is -1.68. The Morgan fingerprint density at radius 1 is 1.21 bits per heavy atom. The van der Waals surface area contributed by atoms with Crippen LogP contribution in [-0.4, -0.2) is 18.1 Å². The number of aromatic nitrogens is 1.